The summed E-state index contributed by atoms with van der Waals surface area (Å²) in [5.41, 5.74) is 0.133. The molecule has 0 spiro atoms. The van der Waals surface area contributed by atoms with E-state index in [4.69, 9.17) is 0 Å². The molecule has 2 N–H and O–H groups in total. The average molecular weight is 289 g/mol. The first-order valence-corrected chi connectivity index (χ1v) is 6.79. The number of carbonyl (C=O) groups excluding carboxylic acids is 1. The van der Waals surface area contributed by atoms with Gasteiger partial charge in [-0.1, -0.05) is 0 Å². The Balaban J connectivity index is 1.78. The number of anilines is 1. The summed E-state index contributed by atoms with van der Waals surface area (Å²) >= 11 is 0. The summed E-state index contributed by atoms with van der Waals surface area (Å²) in [6, 6.07) is 4.49. The Morgan fingerprint density at radius 2 is 2.38 bits per heavy atom. The Hall–Kier alpha value is -2.28. The molecule has 1 aromatic carbocycles. The summed E-state index contributed by atoms with van der Waals surface area (Å²) in [5.74, 6) is -0.615. The highest BCUT2D eigenvalue weighted by Gasteiger charge is 2.35. The molecule has 2 heterocycles. The van der Waals surface area contributed by atoms with Gasteiger partial charge in [-0.2, -0.15) is 5.10 Å². The molecule has 1 aliphatic rings. The number of rotatable bonds is 3. The summed E-state index contributed by atoms with van der Waals surface area (Å²) in [5, 5.41) is 9.80. The molecule has 1 aliphatic heterocycles. The topological polar surface area (TPSA) is 71.8 Å². The average Bonchev–Trinajstić information content (AvgIpc) is 3.11. The molecular weight excluding hydrogens is 273 g/mol. The molecular formula is C14H16FN5O. The second kappa shape index (κ2) is 5.25. The number of nitrogens with one attached hydrogen (secondary N) is 2. The van der Waals surface area contributed by atoms with Crippen LogP contribution in [0.4, 0.5) is 10.1 Å². The number of carbonyl (C=O) groups is 1. The van der Waals surface area contributed by atoms with E-state index in [2.05, 4.69) is 20.7 Å². The maximum absolute atomic E-state index is 14.1. The first kappa shape index (κ1) is 13.7. The van der Waals surface area contributed by atoms with E-state index in [-0.39, 0.29) is 11.6 Å². The van der Waals surface area contributed by atoms with E-state index >= 15 is 0 Å². The predicted molar refractivity (Wildman–Crippen MR) is 75.6 cm³/mol. The van der Waals surface area contributed by atoms with Crippen LogP contribution in [0.15, 0.2) is 30.9 Å². The van der Waals surface area contributed by atoms with Crippen molar-refractivity contribution in [2.45, 2.75) is 25.3 Å². The van der Waals surface area contributed by atoms with Crippen LogP contribution in [0.25, 0.3) is 5.69 Å². The molecule has 110 valence electrons. The summed E-state index contributed by atoms with van der Waals surface area (Å²) < 4.78 is 15.4. The zero-order valence-electron chi connectivity index (χ0n) is 11.6. The maximum atomic E-state index is 14.1. The van der Waals surface area contributed by atoms with Crippen molar-refractivity contribution in [1.29, 1.82) is 0 Å². The van der Waals surface area contributed by atoms with Gasteiger partial charge in [0.25, 0.3) is 0 Å². The van der Waals surface area contributed by atoms with Crippen LogP contribution in [0.3, 0.4) is 0 Å². The quantitative estimate of drug-likeness (QED) is 0.898. The second-order valence-corrected chi connectivity index (χ2v) is 5.32. The molecule has 0 radical (unpaired) electrons. The van der Waals surface area contributed by atoms with E-state index in [1.54, 1.807) is 12.1 Å². The number of amides is 1. The Kier molecular flexibility index (Phi) is 3.42. The minimum atomic E-state index is -0.582. The van der Waals surface area contributed by atoms with Crippen molar-refractivity contribution in [1.82, 2.24) is 20.1 Å². The number of aromatic nitrogens is 3. The van der Waals surface area contributed by atoms with Crippen LogP contribution in [0, 0.1) is 5.82 Å². The van der Waals surface area contributed by atoms with Gasteiger partial charge in [-0.25, -0.2) is 14.1 Å². The standard InChI is InChI=1S/C14H16FN5O/c1-14(5-2-6-17-14)13(21)19-10-3-4-12(11(15)7-10)20-9-16-8-18-20/h3-4,7-9,17H,2,5-6H2,1H3,(H,19,21). The van der Waals surface area contributed by atoms with Crippen LogP contribution >= 0.6 is 0 Å². The van der Waals surface area contributed by atoms with Crippen molar-refractivity contribution in [3.05, 3.63) is 36.7 Å². The van der Waals surface area contributed by atoms with E-state index in [9.17, 15) is 9.18 Å². The lowest BCUT2D eigenvalue weighted by molar-refractivity contribution is -0.121. The van der Waals surface area contributed by atoms with Crippen LogP contribution in [-0.2, 0) is 4.79 Å². The fraction of sp³-hybridized carbons (Fsp3) is 0.357. The van der Waals surface area contributed by atoms with Gasteiger partial charge < -0.3 is 10.6 Å². The maximum Gasteiger partial charge on any atom is 0.244 e. The normalized spacial score (nSPS) is 21.4. The molecule has 7 heteroatoms. The third kappa shape index (κ3) is 2.64. The Labute approximate surface area is 121 Å². The SMILES string of the molecule is CC1(C(=O)Nc2ccc(-n3cncn3)c(F)c2)CCCN1. The summed E-state index contributed by atoms with van der Waals surface area (Å²) in [7, 11) is 0. The first-order chi connectivity index (χ1) is 10.1. The van der Waals surface area contributed by atoms with Crippen molar-refractivity contribution in [2.75, 3.05) is 11.9 Å². The fourth-order valence-corrected chi connectivity index (χ4v) is 2.46. The van der Waals surface area contributed by atoms with Gasteiger partial charge in [0.15, 0.2) is 5.82 Å². The van der Waals surface area contributed by atoms with Crippen molar-refractivity contribution in [2.24, 2.45) is 0 Å². The lowest BCUT2D eigenvalue weighted by Gasteiger charge is -2.23. The Morgan fingerprint density at radius 1 is 1.52 bits per heavy atom. The lowest BCUT2D eigenvalue weighted by atomic mass is 9.99. The van der Waals surface area contributed by atoms with Crippen LogP contribution in [0.5, 0.6) is 0 Å². The highest BCUT2D eigenvalue weighted by molar-refractivity contribution is 5.98. The third-order valence-electron chi connectivity index (χ3n) is 3.74. The van der Waals surface area contributed by atoms with Gasteiger partial charge in [0.05, 0.1) is 5.54 Å². The van der Waals surface area contributed by atoms with Crippen molar-refractivity contribution < 1.29 is 9.18 Å². The van der Waals surface area contributed by atoms with Gasteiger partial charge >= 0.3 is 0 Å². The zero-order valence-corrected chi connectivity index (χ0v) is 11.6. The molecule has 1 unspecified atom stereocenters. The van der Waals surface area contributed by atoms with E-state index in [1.165, 1.54) is 23.4 Å². The number of nitrogens with zero attached hydrogens (tertiary/aromatic N) is 3. The van der Waals surface area contributed by atoms with Crippen molar-refractivity contribution >= 4 is 11.6 Å². The number of benzene rings is 1. The van der Waals surface area contributed by atoms with Gasteiger partial charge in [0.2, 0.25) is 5.91 Å². The number of halogens is 1. The monoisotopic (exact) mass is 289 g/mol. The van der Waals surface area contributed by atoms with Gasteiger partial charge in [-0.15, -0.1) is 0 Å². The largest absolute Gasteiger partial charge is 0.324 e. The zero-order chi connectivity index (χ0) is 14.9. The minimum absolute atomic E-state index is 0.145. The lowest BCUT2D eigenvalue weighted by Crippen LogP contribution is -2.47. The summed E-state index contributed by atoms with van der Waals surface area (Å²) in [6.45, 7) is 2.68. The minimum Gasteiger partial charge on any atom is -0.324 e. The molecule has 6 nitrogen and oxygen atoms in total. The van der Waals surface area contributed by atoms with Gasteiger partial charge in [0.1, 0.15) is 18.3 Å². The molecule has 1 fully saturated rings. The third-order valence-corrected chi connectivity index (χ3v) is 3.74. The summed E-state index contributed by atoms with van der Waals surface area (Å²) in [4.78, 5) is 16.0. The van der Waals surface area contributed by atoms with Crippen molar-refractivity contribution in [3.63, 3.8) is 0 Å². The van der Waals surface area contributed by atoms with Gasteiger partial charge in [0, 0.05) is 5.69 Å². The molecule has 0 saturated carbocycles. The first-order valence-electron chi connectivity index (χ1n) is 6.79. The highest BCUT2D eigenvalue weighted by atomic mass is 19.1. The molecule has 0 aliphatic carbocycles. The number of hydrogen-bond donors (Lipinski definition) is 2. The van der Waals surface area contributed by atoms with Crippen LogP contribution in [0.2, 0.25) is 0 Å². The number of hydrogen-bond acceptors (Lipinski definition) is 4. The van der Waals surface area contributed by atoms with Gasteiger partial charge in [-0.3, -0.25) is 4.79 Å². The van der Waals surface area contributed by atoms with Crippen LogP contribution in [0.1, 0.15) is 19.8 Å². The smallest absolute Gasteiger partial charge is 0.244 e. The van der Waals surface area contributed by atoms with Crippen molar-refractivity contribution in [3.8, 4) is 5.69 Å². The molecule has 2 aromatic rings. The fourth-order valence-electron chi connectivity index (χ4n) is 2.46. The molecule has 21 heavy (non-hydrogen) atoms. The van der Waals surface area contributed by atoms with E-state index in [1.807, 2.05) is 6.92 Å². The second-order valence-electron chi connectivity index (χ2n) is 5.32. The molecule has 1 aromatic heterocycles. The van der Waals surface area contributed by atoms with E-state index in [0.717, 1.165) is 19.4 Å². The highest BCUT2D eigenvalue weighted by Crippen LogP contribution is 2.22. The Bertz CT molecular complexity index is 649. The summed E-state index contributed by atoms with van der Waals surface area (Å²) in [6.07, 6.45) is 4.49. The molecule has 1 atom stereocenters. The molecule has 1 amide bonds. The molecule has 3 rings (SSSR count). The van der Waals surface area contributed by atoms with E-state index in [0.29, 0.717) is 5.69 Å². The van der Waals surface area contributed by atoms with Crippen LogP contribution < -0.4 is 10.6 Å². The van der Waals surface area contributed by atoms with Crippen LogP contribution in [-0.4, -0.2) is 32.8 Å². The molecule has 1 saturated heterocycles. The van der Waals surface area contributed by atoms with E-state index < -0.39 is 11.4 Å². The van der Waals surface area contributed by atoms with Gasteiger partial charge in [-0.05, 0) is 44.5 Å². The predicted octanol–water partition coefficient (Wildman–Crippen LogP) is 1.49. The Morgan fingerprint density at radius 3 is 3.00 bits per heavy atom. The molecule has 0 bridgehead atoms.